The monoisotopic (exact) mass is 343 g/mol. The molecule has 0 radical (unpaired) electrons. The Bertz CT molecular complexity index is 328. The highest BCUT2D eigenvalue weighted by Gasteiger charge is 2.34. The van der Waals surface area contributed by atoms with Crippen molar-refractivity contribution in [1.29, 1.82) is 0 Å². The van der Waals surface area contributed by atoms with Gasteiger partial charge in [0.15, 0.2) is 0 Å². The van der Waals surface area contributed by atoms with Crippen LogP contribution < -0.4 is 5.32 Å². The van der Waals surface area contributed by atoms with Gasteiger partial charge in [-0.1, -0.05) is 43.1 Å². The van der Waals surface area contributed by atoms with Gasteiger partial charge in [-0.15, -0.1) is 0 Å². The Morgan fingerprint density at radius 3 is 2.30 bits per heavy atom. The minimum absolute atomic E-state index is 0.269. The van der Waals surface area contributed by atoms with Gasteiger partial charge in [0, 0.05) is 17.3 Å². The molecule has 2 unspecified atom stereocenters. The average molecular weight is 344 g/mol. The van der Waals surface area contributed by atoms with E-state index in [1.54, 1.807) is 0 Å². The third-order valence-corrected chi connectivity index (χ3v) is 6.34. The summed E-state index contributed by atoms with van der Waals surface area (Å²) in [4.78, 5) is 12.4. The van der Waals surface area contributed by atoms with Crippen molar-refractivity contribution in [1.82, 2.24) is 5.32 Å². The Kier molecular flexibility index (Phi) is 5.56. The fourth-order valence-corrected chi connectivity index (χ4v) is 4.71. The second-order valence-corrected chi connectivity index (χ2v) is 8.52. The van der Waals surface area contributed by atoms with E-state index in [4.69, 9.17) is 0 Å². The third-order valence-electron chi connectivity index (χ3n) is 5.51. The summed E-state index contributed by atoms with van der Waals surface area (Å²) >= 11 is 3.58. The Morgan fingerprint density at radius 1 is 1.10 bits per heavy atom. The summed E-state index contributed by atoms with van der Waals surface area (Å²) in [5, 5.41) is 4.36. The van der Waals surface area contributed by atoms with Crippen LogP contribution in [0.15, 0.2) is 0 Å². The average Bonchev–Trinajstić information content (AvgIpc) is 2.85. The van der Waals surface area contributed by atoms with E-state index in [1.807, 2.05) is 0 Å². The molecule has 116 valence electrons. The first-order valence-corrected chi connectivity index (χ1v) is 9.40. The molecule has 2 aliphatic carbocycles. The van der Waals surface area contributed by atoms with Crippen molar-refractivity contribution in [2.75, 3.05) is 5.33 Å². The number of alkyl halides is 1. The summed E-state index contributed by atoms with van der Waals surface area (Å²) < 4.78 is 0. The van der Waals surface area contributed by atoms with Gasteiger partial charge >= 0.3 is 0 Å². The standard InChI is InChI=1S/C17H30BrNO/c1-17(2,3)14-9-7-12(8-10-14)16(20)19-15-6-4-5-13(15)11-18/h12-15H,4-11H2,1-3H3,(H,19,20). The Hall–Kier alpha value is -0.0500. The van der Waals surface area contributed by atoms with E-state index in [0.717, 1.165) is 24.1 Å². The van der Waals surface area contributed by atoms with E-state index in [9.17, 15) is 4.79 Å². The molecule has 3 heteroatoms. The van der Waals surface area contributed by atoms with Crippen molar-refractivity contribution < 1.29 is 4.79 Å². The van der Waals surface area contributed by atoms with E-state index in [-0.39, 0.29) is 5.92 Å². The molecule has 2 saturated carbocycles. The Morgan fingerprint density at radius 2 is 1.75 bits per heavy atom. The second-order valence-electron chi connectivity index (χ2n) is 7.87. The van der Waals surface area contributed by atoms with Gasteiger partial charge in [0.05, 0.1) is 0 Å². The molecule has 2 nitrogen and oxygen atoms in total. The fourth-order valence-electron chi connectivity index (χ4n) is 3.93. The van der Waals surface area contributed by atoms with Gasteiger partial charge in [-0.2, -0.15) is 0 Å². The lowest BCUT2D eigenvalue weighted by Crippen LogP contribution is -2.42. The first-order chi connectivity index (χ1) is 9.41. The maximum Gasteiger partial charge on any atom is 0.223 e. The quantitative estimate of drug-likeness (QED) is 0.750. The van der Waals surface area contributed by atoms with Gasteiger partial charge in [-0.25, -0.2) is 0 Å². The molecule has 0 bridgehead atoms. The Balaban J connectivity index is 1.80. The molecule has 2 aliphatic rings. The van der Waals surface area contributed by atoms with Crippen LogP contribution in [-0.2, 0) is 4.79 Å². The molecule has 2 fully saturated rings. The second kappa shape index (κ2) is 6.81. The lowest BCUT2D eigenvalue weighted by atomic mass is 9.69. The summed E-state index contributed by atoms with van der Waals surface area (Å²) in [5.74, 6) is 2.03. The van der Waals surface area contributed by atoms with Crippen molar-refractivity contribution in [3.63, 3.8) is 0 Å². The van der Waals surface area contributed by atoms with Gasteiger partial charge in [-0.05, 0) is 55.8 Å². The molecule has 0 aromatic heterocycles. The summed E-state index contributed by atoms with van der Waals surface area (Å²) in [6, 6.07) is 0.419. The van der Waals surface area contributed by atoms with Gasteiger partial charge in [0.2, 0.25) is 5.91 Å². The number of amides is 1. The van der Waals surface area contributed by atoms with Crippen LogP contribution in [0.1, 0.15) is 65.7 Å². The number of nitrogens with one attached hydrogen (secondary N) is 1. The fraction of sp³-hybridized carbons (Fsp3) is 0.941. The lowest BCUT2D eigenvalue weighted by molar-refractivity contribution is -0.127. The normalized spacial score (nSPS) is 35.0. The van der Waals surface area contributed by atoms with Crippen LogP contribution >= 0.6 is 15.9 Å². The molecule has 0 spiro atoms. The van der Waals surface area contributed by atoms with E-state index < -0.39 is 0 Å². The van der Waals surface area contributed by atoms with Crippen molar-refractivity contribution in [2.45, 2.75) is 71.8 Å². The third kappa shape index (κ3) is 3.99. The predicted octanol–water partition coefficient (Wildman–Crippen LogP) is 4.52. The summed E-state index contributed by atoms with van der Waals surface area (Å²) in [5.41, 5.74) is 0.397. The van der Waals surface area contributed by atoms with Crippen LogP contribution in [0.2, 0.25) is 0 Å². The van der Waals surface area contributed by atoms with Gasteiger partial charge in [0.1, 0.15) is 0 Å². The predicted molar refractivity (Wildman–Crippen MR) is 88.0 cm³/mol. The zero-order valence-electron chi connectivity index (χ0n) is 13.3. The number of hydrogen-bond acceptors (Lipinski definition) is 1. The van der Waals surface area contributed by atoms with Crippen LogP contribution in [-0.4, -0.2) is 17.3 Å². The van der Waals surface area contributed by atoms with Crippen molar-refractivity contribution >= 4 is 21.8 Å². The maximum atomic E-state index is 12.4. The number of halogens is 1. The topological polar surface area (TPSA) is 29.1 Å². The molecule has 0 aliphatic heterocycles. The molecule has 0 aromatic carbocycles. The van der Waals surface area contributed by atoms with Crippen molar-refractivity contribution in [3.05, 3.63) is 0 Å². The number of rotatable bonds is 3. The van der Waals surface area contributed by atoms with Crippen LogP contribution in [0.25, 0.3) is 0 Å². The number of carbonyl (C=O) groups excluding carboxylic acids is 1. The van der Waals surface area contributed by atoms with Gasteiger partial charge in [0.25, 0.3) is 0 Å². The molecular weight excluding hydrogens is 314 g/mol. The van der Waals surface area contributed by atoms with Crippen LogP contribution in [0, 0.1) is 23.2 Å². The number of hydrogen-bond donors (Lipinski definition) is 1. The van der Waals surface area contributed by atoms with Crippen LogP contribution in [0.5, 0.6) is 0 Å². The van der Waals surface area contributed by atoms with E-state index in [0.29, 0.717) is 23.3 Å². The summed E-state index contributed by atoms with van der Waals surface area (Å²) in [6.45, 7) is 6.99. The minimum atomic E-state index is 0.269. The molecule has 0 saturated heterocycles. The summed E-state index contributed by atoms with van der Waals surface area (Å²) in [6.07, 6.45) is 8.28. The molecule has 2 rings (SSSR count). The largest absolute Gasteiger partial charge is 0.353 e. The zero-order chi connectivity index (χ0) is 14.8. The highest BCUT2D eigenvalue weighted by Crippen LogP contribution is 2.40. The molecular formula is C17H30BrNO. The highest BCUT2D eigenvalue weighted by molar-refractivity contribution is 9.09. The van der Waals surface area contributed by atoms with E-state index in [1.165, 1.54) is 32.1 Å². The molecule has 1 N–H and O–H groups in total. The Labute approximate surface area is 132 Å². The first kappa shape index (κ1) is 16.3. The van der Waals surface area contributed by atoms with Crippen molar-refractivity contribution in [2.24, 2.45) is 23.2 Å². The van der Waals surface area contributed by atoms with Crippen LogP contribution in [0.4, 0.5) is 0 Å². The molecule has 1 amide bonds. The number of carbonyl (C=O) groups is 1. The van der Waals surface area contributed by atoms with E-state index in [2.05, 4.69) is 42.0 Å². The highest BCUT2D eigenvalue weighted by atomic mass is 79.9. The minimum Gasteiger partial charge on any atom is -0.353 e. The first-order valence-electron chi connectivity index (χ1n) is 8.28. The maximum absolute atomic E-state index is 12.4. The van der Waals surface area contributed by atoms with Crippen LogP contribution in [0.3, 0.4) is 0 Å². The lowest BCUT2D eigenvalue weighted by Gasteiger charge is -2.37. The molecule has 0 aromatic rings. The SMILES string of the molecule is CC(C)(C)C1CCC(C(=O)NC2CCCC2CBr)CC1. The van der Waals surface area contributed by atoms with Gasteiger partial charge < -0.3 is 5.32 Å². The van der Waals surface area contributed by atoms with Gasteiger partial charge in [-0.3, -0.25) is 4.79 Å². The zero-order valence-corrected chi connectivity index (χ0v) is 14.8. The molecule has 20 heavy (non-hydrogen) atoms. The molecule has 2 atom stereocenters. The molecule has 0 heterocycles. The van der Waals surface area contributed by atoms with E-state index >= 15 is 0 Å². The van der Waals surface area contributed by atoms with Crippen molar-refractivity contribution in [3.8, 4) is 0 Å². The smallest absolute Gasteiger partial charge is 0.223 e. The summed E-state index contributed by atoms with van der Waals surface area (Å²) in [7, 11) is 0.